The summed E-state index contributed by atoms with van der Waals surface area (Å²) in [7, 11) is 0. The van der Waals surface area contributed by atoms with Gasteiger partial charge in [0.1, 0.15) is 11.2 Å². The predicted molar refractivity (Wildman–Crippen MR) is 54.7 cm³/mol. The lowest BCUT2D eigenvalue weighted by atomic mass is 10.2. The molecule has 2 rings (SSSR count). The Morgan fingerprint density at radius 3 is 2.71 bits per heavy atom. The Balaban J connectivity index is 2.34. The molecule has 70 valence electrons. The zero-order chi connectivity index (χ0) is 9.80. The highest BCUT2D eigenvalue weighted by Crippen LogP contribution is 2.21. The van der Waals surface area contributed by atoms with Crippen LogP contribution in [0.4, 0.5) is 0 Å². The summed E-state index contributed by atoms with van der Waals surface area (Å²) in [6, 6.07) is 9.74. The molecule has 0 radical (unpaired) electrons. The summed E-state index contributed by atoms with van der Waals surface area (Å²) in [5.41, 5.74) is 1.02. The number of aromatic nitrogens is 2. The first kappa shape index (κ1) is 8.83. The Morgan fingerprint density at radius 2 is 2.00 bits per heavy atom. The van der Waals surface area contributed by atoms with Crippen molar-refractivity contribution < 1.29 is 5.21 Å². The second-order valence-corrected chi connectivity index (χ2v) is 3.57. The Bertz CT molecular complexity index is 438. The third-order valence-corrected chi connectivity index (χ3v) is 2.54. The number of rotatable bonds is 2. The molecule has 0 saturated heterocycles. The third-order valence-electron chi connectivity index (χ3n) is 1.63. The van der Waals surface area contributed by atoms with E-state index in [2.05, 4.69) is 15.4 Å². The van der Waals surface area contributed by atoms with Crippen molar-refractivity contribution in [3.63, 3.8) is 0 Å². The van der Waals surface area contributed by atoms with Crippen LogP contribution in [0, 0.1) is 0 Å². The highest BCUT2D eigenvalue weighted by Gasteiger charge is 2.03. The highest BCUT2D eigenvalue weighted by molar-refractivity contribution is 7.16. The summed E-state index contributed by atoms with van der Waals surface area (Å²) in [5.74, 6) is 0. The second kappa shape index (κ2) is 3.97. The van der Waals surface area contributed by atoms with E-state index in [1.807, 2.05) is 30.3 Å². The van der Waals surface area contributed by atoms with Crippen LogP contribution in [0.2, 0.25) is 0 Å². The molecule has 0 saturated carbocycles. The van der Waals surface area contributed by atoms with Gasteiger partial charge in [-0.05, 0) is 0 Å². The van der Waals surface area contributed by atoms with Gasteiger partial charge in [-0.3, -0.25) is 0 Å². The minimum absolute atomic E-state index is 0.589. The van der Waals surface area contributed by atoms with Crippen LogP contribution in [0.25, 0.3) is 10.6 Å². The zero-order valence-electron chi connectivity index (χ0n) is 7.16. The predicted octanol–water partition coefficient (Wildman–Crippen LogP) is 2.01. The maximum atomic E-state index is 8.31. The van der Waals surface area contributed by atoms with Crippen LogP contribution in [0.3, 0.4) is 0 Å². The standard InChI is InChI=1S/C9H7N3OS/c13-10-6-8-11-12-9(14-8)7-4-2-1-3-5-7/h1-6,13H. The first-order chi connectivity index (χ1) is 6.90. The van der Waals surface area contributed by atoms with E-state index in [-0.39, 0.29) is 0 Å². The van der Waals surface area contributed by atoms with E-state index < -0.39 is 0 Å². The van der Waals surface area contributed by atoms with E-state index in [0.717, 1.165) is 10.6 Å². The minimum Gasteiger partial charge on any atom is -0.411 e. The van der Waals surface area contributed by atoms with Gasteiger partial charge in [0, 0.05) is 5.56 Å². The van der Waals surface area contributed by atoms with Gasteiger partial charge in [-0.25, -0.2) is 0 Å². The van der Waals surface area contributed by atoms with Crippen molar-refractivity contribution in [3.05, 3.63) is 35.3 Å². The van der Waals surface area contributed by atoms with Crippen molar-refractivity contribution in [1.82, 2.24) is 10.2 Å². The maximum absolute atomic E-state index is 8.31. The number of benzene rings is 1. The van der Waals surface area contributed by atoms with E-state index in [4.69, 9.17) is 5.21 Å². The molecular formula is C9H7N3OS. The van der Waals surface area contributed by atoms with Gasteiger partial charge >= 0.3 is 0 Å². The molecule has 14 heavy (non-hydrogen) atoms. The lowest BCUT2D eigenvalue weighted by Gasteiger charge is -1.90. The number of hydrogen-bond donors (Lipinski definition) is 1. The molecule has 0 amide bonds. The molecule has 0 spiro atoms. The SMILES string of the molecule is ON=Cc1nnc(-c2ccccc2)s1. The molecule has 1 N–H and O–H groups in total. The molecule has 0 atom stereocenters. The molecule has 0 bridgehead atoms. The Labute approximate surface area is 84.5 Å². The fraction of sp³-hybridized carbons (Fsp3) is 0. The summed E-state index contributed by atoms with van der Waals surface area (Å²) in [4.78, 5) is 0. The largest absolute Gasteiger partial charge is 0.411 e. The fourth-order valence-electron chi connectivity index (χ4n) is 1.03. The van der Waals surface area contributed by atoms with E-state index in [1.54, 1.807) is 0 Å². The molecular weight excluding hydrogens is 198 g/mol. The Kier molecular flexibility index (Phi) is 2.51. The Hall–Kier alpha value is -1.75. The van der Waals surface area contributed by atoms with Crippen molar-refractivity contribution in [1.29, 1.82) is 0 Å². The van der Waals surface area contributed by atoms with Crippen LogP contribution in [0.5, 0.6) is 0 Å². The van der Waals surface area contributed by atoms with Crippen molar-refractivity contribution >= 4 is 17.6 Å². The molecule has 2 aromatic rings. The van der Waals surface area contributed by atoms with Gasteiger partial charge in [-0.2, -0.15) is 0 Å². The van der Waals surface area contributed by atoms with E-state index in [0.29, 0.717) is 5.01 Å². The lowest BCUT2D eigenvalue weighted by Crippen LogP contribution is -1.77. The van der Waals surface area contributed by atoms with E-state index in [1.165, 1.54) is 17.6 Å². The lowest BCUT2D eigenvalue weighted by molar-refractivity contribution is 0.322. The van der Waals surface area contributed by atoms with Gasteiger partial charge in [0.2, 0.25) is 0 Å². The molecule has 0 unspecified atom stereocenters. The molecule has 5 heteroatoms. The van der Waals surface area contributed by atoms with E-state index >= 15 is 0 Å². The van der Waals surface area contributed by atoms with Gasteiger partial charge in [-0.1, -0.05) is 46.8 Å². The van der Waals surface area contributed by atoms with Gasteiger partial charge < -0.3 is 5.21 Å². The molecule has 1 aromatic heterocycles. The van der Waals surface area contributed by atoms with Gasteiger partial charge in [-0.15, -0.1) is 10.2 Å². The fourth-order valence-corrected chi connectivity index (χ4v) is 1.75. The van der Waals surface area contributed by atoms with Crippen LogP contribution < -0.4 is 0 Å². The third kappa shape index (κ3) is 1.77. The summed E-state index contributed by atoms with van der Waals surface area (Å²) in [5, 5.41) is 20.4. The van der Waals surface area contributed by atoms with E-state index in [9.17, 15) is 0 Å². The maximum Gasteiger partial charge on any atom is 0.162 e. The zero-order valence-corrected chi connectivity index (χ0v) is 7.98. The van der Waals surface area contributed by atoms with Crippen molar-refractivity contribution in [3.8, 4) is 10.6 Å². The number of nitrogens with zero attached hydrogens (tertiary/aromatic N) is 3. The number of hydrogen-bond acceptors (Lipinski definition) is 5. The van der Waals surface area contributed by atoms with Gasteiger partial charge in [0.25, 0.3) is 0 Å². The quantitative estimate of drug-likeness (QED) is 0.463. The normalized spacial score (nSPS) is 10.9. The summed E-state index contributed by atoms with van der Waals surface area (Å²) < 4.78 is 0. The summed E-state index contributed by atoms with van der Waals surface area (Å²) in [6.45, 7) is 0. The number of oxime groups is 1. The average molecular weight is 205 g/mol. The highest BCUT2D eigenvalue weighted by atomic mass is 32.1. The first-order valence-electron chi connectivity index (χ1n) is 3.96. The minimum atomic E-state index is 0.589. The van der Waals surface area contributed by atoms with Crippen LogP contribution in [-0.4, -0.2) is 21.6 Å². The summed E-state index contributed by atoms with van der Waals surface area (Å²) in [6.07, 6.45) is 1.27. The molecule has 0 aliphatic heterocycles. The van der Waals surface area contributed by atoms with Crippen LogP contribution in [0.1, 0.15) is 5.01 Å². The molecule has 0 aliphatic carbocycles. The molecule has 0 fully saturated rings. The smallest absolute Gasteiger partial charge is 0.162 e. The van der Waals surface area contributed by atoms with Gasteiger partial charge in [0.05, 0.1) is 0 Å². The average Bonchev–Trinajstić information content (AvgIpc) is 2.68. The first-order valence-corrected chi connectivity index (χ1v) is 4.78. The van der Waals surface area contributed by atoms with Crippen molar-refractivity contribution in [2.24, 2.45) is 5.16 Å². The topological polar surface area (TPSA) is 58.4 Å². The molecule has 1 aromatic carbocycles. The van der Waals surface area contributed by atoms with Crippen molar-refractivity contribution in [2.75, 3.05) is 0 Å². The van der Waals surface area contributed by atoms with Crippen LogP contribution in [-0.2, 0) is 0 Å². The molecule has 4 nitrogen and oxygen atoms in total. The Morgan fingerprint density at radius 1 is 1.21 bits per heavy atom. The van der Waals surface area contributed by atoms with Crippen LogP contribution in [0.15, 0.2) is 35.5 Å². The van der Waals surface area contributed by atoms with Crippen molar-refractivity contribution in [2.45, 2.75) is 0 Å². The second-order valence-electron chi connectivity index (χ2n) is 2.56. The van der Waals surface area contributed by atoms with Gasteiger partial charge in [0.15, 0.2) is 5.01 Å². The summed E-state index contributed by atoms with van der Waals surface area (Å²) >= 11 is 1.38. The monoisotopic (exact) mass is 205 g/mol. The van der Waals surface area contributed by atoms with Crippen LogP contribution >= 0.6 is 11.3 Å². The molecule has 1 heterocycles. The molecule has 0 aliphatic rings.